The minimum absolute atomic E-state index is 0.118. The molecule has 3 aromatic rings. The van der Waals surface area contributed by atoms with E-state index in [9.17, 15) is 4.79 Å². The fourth-order valence-electron chi connectivity index (χ4n) is 2.54. The Labute approximate surface area is 151 Å². The third-order valence-corrected chi connectivity index (χ3v) is 3.91. The molecule has 0 spiro atoms. The molecule has 2 heterocycles. The summed E-state index contributed by atoms with van der Waals surface area (Å²) >= 11 is 0. The number of para-hydroxylation sites is 1. The van der Waals surface area contributed by atoms with Crippen LogP contribution in [-0.4, -0.2) is 29.2 Å². The smallest absolute Gasteiger partial charge is 0.225 e. The molecule has 3 rings (SSSR count). The second-order valence-corrected chi connectivity index (χ2v) is 5.73. The van der Waals surface area contributed by atoms with E-state index in [1.165, 1.54) is 0 Å². The Morgan fingerprint density at radius 2 is 2.08 bits per heavy atom. The number of nitrogens with zero attached hydrogens (tertiary/aromatic N) is 2. The topological polar surface area (TPSA) is 77.2 Å². The Morgan fingerprint density at radius 1 is 1.23 bits per heavy atom. The van der Waals surface area contributed by atoms with Crippen LogP contribution >= 0.6 is 0 Å². The molecule has 1 aromatic carbocycles. The number of aromatic nitrogens is 2. The molecule has 0 aliphatic heterocycles. The molecule has 0 saturated carbocycles. The molecule has 6 heteroatoms. The normalized spacial score (nSPS) is 10.2. The molecular formula is C20H19N3O3. The van der Waals surface area contributed by atoms with E-state index in [0.717, 1.165) is 22.2 Å². The number of hydrogen-bond donors (Lipinski definition) is 1. The molecule has 1 amide bonds. The highest BCUT2D eigenvalue weighted by Gasteiger charge is 2.12. The fraction of sp³-hybridized carbons (Fsp3) is 0.250. The number of ether oxygens (including phenoxy) is 1. The third kappa shape index (κ3) is 4.19. The molecule has 0 atom stereocenters. The van der Waals surface area contributed by atoms with Crippen LogP contribution in [0.15, 0.2) is 41.1 Å². The average Bonchev–Trinajstić information content (AvgIpc) is 2.96. The number of pyridine rings is 1. The standard InChI is InChI=1S/C20H19N3O3/c1-14-17(15(2)26-23-14)13-19(24)21-10-3-4-12-25-18-9-5-7-16-8-6-11-22-20(16)18/h5-9,11H,10,12-13H2,1-2H3,(H,21,24). The maximum atomic E-state index is 11.9. The van der Waals surface area contributed by atoms with Crippen LogP contribution in [0.2, 0.25) is 0 Å². The van der Waals surface area contributed by atoms with Crippen molar-refractivity contribution in [3.8, 4) is 17.6 Å². The average molecular weight is 349 g/mol. The predicted octanol–water partition coefficient (Wildman–Crippen LogP) is 2.58. The van der Waals surface area contributed by atoms with E-state index < -0.39 is 0 Å². The van der Waals surface area contributed by atoms with Crippen LogP contribution in [0.4, 0.5) is 0 Å². The molecule has 0 unspecified atom stereocenters. The van der Waals surface area contributed by atoms with Gasteiger partial charge in [0, 0.05) is 17.1 Å². The van der Waals surface area contributed by atoms with Crippen molar-refractivity contribution in [2.24, 2.45) is 0 Å². The van der Waals surface area contributed by atoms with Crippen molar-refractivity contribution in [2.45, 2.75) is 20.3 Å². The summed E-state index contributed by atoms with van der Waals surface area (Å²) in [4.78, 5) is 16.3. The lowest BCUT2D eigenvalue weighted by atomic mass is 10.1. The lowest BCUT2D eigenvalue weighted by Gasteiger charge is -2.05. The third-order valence-electron chi connectivity index (χ3n) is 3.91. The summed E-state index contributed by atoms with van der Waals surface area (Å²) < 4.78 is 10.7. The van der Waals surface area contributed by atoms with Crippen molar-refractivity contribution in [3.05, 3.63) is 53.5 Å². The van der Waals surface area contributed by atoms with E-state index >= 15 is 0 Å². The maximum Gasteiger partial charge on any atom is 0.225 e. The van der Waals surface area contributed by atoms with Gasteiger partial charge in [-0.2, -0.15) is 0 Å². The molecule has 0 aliphatic rings. The van der Waals surface area contributed by atoms with E-state index in [2.05, 4.69) is 27.3 Å². The van der Waals surface area contributed by atoms with Crippen LogP contribution in [0, 0.1) is 25.7 Å². The number of fused-ring (bicyclic) bond motifs is 1. The maximum absolute atomic E-state index is 11.9. The molecule has 0 aliphatic carbocycles. The first-order valence-corrected chi connectivity index (χ1v) is 8.26. The van der Waals surface area contributed by atoms with Gasteiger partial charge >= 0.3 is 0 Å². The second-order valence-electron chi connectivity index (χ2n) is 5.73. The number of rotatable bonds is 5. The lowest BCUT2D eigenvalue weighted by molar-refractivity contribution is -0.120. The van der Waals surface area contributed by atoms with Gasteiger partial charge in [0.2, 0.25) is 5.91 Å². The Bertz CT molecular complexity index is 958. The van der Waals surface area contributed by atoms with Gasteiger partial charge in [-0.25, -0.2) is 0 Å². The minimum Gasteiger partial charge on any atom is -0.479 e. The zero-order valence-electron chi connectivity index (χ0n) is 14.7. The molecule has 0 fully saturated rings. The van der Waals surface area contributed by atoms with E-state index in [1.54, 1.807) is 13.1 Å². The first-order chi connectivity index (χ1) is 12.6. The summed E-state index contributed by atoms with van der Waals surface area (Å²) in [7, 11) is 0. The summed E-state index contributed by atoms with van der Waals surface area (Å²) in [6.45, 7) is 4.11. The molecule has 2 aromatic heterocycles. The van der Waals surface area contributed by atoms with E-state index in [4.69, 9.17) is 9.26 Å². The number of aryl methyl sites for hydroxylation is 2. The quantitative estimate of drug-likeness (QED) is 0.717. The summed E-state index contributed by atoms with van der Waals surface area (Å²) in [6.07, 6.45) is 1.97. The number of carbonyl (C=O) groups excluding carboxylic acids is 1. The Kier molecular flexibility index (Phi) is 5.49. The van der Waals surface area contributed by atoms with Crippen LogP contribution in [0.1, 0.15) is 17.0 Å². The van der Waals surface area contributed by atoms with Crippen LogP contribution < -0.4 is 10.1 Å². The van der Waals surface area contributed by atoms with Gasteiger partial charge in [-0.1, -0.05) is 35.2 Å². The van der Waals surface area contributed by atoms with Gasteiger partial charge in [0.15, 0.2) is 0 Å². The summed E-state index contributed by atoms with van der Waals surface area (Å²) in [5, 5.41) is 7.61. The van der Waals surface area contributed by atoms with Crippen LogP contribution in [0.5, 0.6) is 5.75 Å². The molecule has 26 heavy (non-hydrogen) atoms. The van der Waals surface area contributed by atoms with Crippen LogP contribution in [0.25, 0.3) is 10.9 Å². The Hall–Kier alpha value is -3.33. The van der Waals surface area contributed by atoms with Gasteiger partial charge in [0.25, 0.3) is 0 Å². The van der Waals surface area contributed by atoms with Crippen molar-refractivity contribution in [3.63, 3.8) is 0 Å². The monoisotopic (exact) mass is 349 g/mol. The van der Waals surface area contributed by atoms with Crippen LogP contribution in [-0.2, 0) is 11.2 Å². The van der Waals surface area contributed by atoms with Gasteiger partial charge in [-0.05, 0) is 26.0 Å². The number of carbonyl (C=O) groups is 1. The zero-order valence-corrected chi connectivity index (χ0v) is 14.7. The highest BCUT2D eigenvalue weighted by atomic mass is 16.5. The summed E-state index contributed by atoms with van der Waals surface area (Å²) in [5.41, 5.74) is 2.37. The summed E-state index contributed by atoms with van der Waals surface area (Å²) in [5.74, 6) is 7.01. The van der Waals surface area contributed by atoms with Crippen molar-refractivity contribution >= 4 is 16.8 Å². The molecule has 1 N–H and O–H groups in total. The van der Waals surface area contributed by atoms with Gasteiger partial charge < -0.3 is 14.6 Å². The Morgan fingerprint density at radius 3 is 2.88 bits per heavy atom. The highest BCUT2D eigenvalue weighted by molar-refractivity contribution is 5.84. The van der Waals surface area contributed by atoms with Crippen molar-refractivity contribution in [1.82, 2.24) is 15.5 Å². The first-order valence-electron chi connectivity index (χ1n) is 8.26. The number of benzene rings is 1. The van der Waals surface area contributed by atoms with Gasteiger partial charge in [-0.3, -0.25) is 9.78 Å². The lowest BCUT2D eigenvalue weighted by Crippen LogP contribution is -2.25. The van der Waals surface area contributed by atoms with Gasteiger partial charge in [-0.15, -0.1) is 0 Å². The molecular weight excluding hydrogens is 330 g/mol. The fourth-order valence-corrected chi connectivity index (χ4v) is 2.54. The first kappa shape index (κ1) is 17.5. The molecule has 0 bridgehead atoms. The van der Waals surface area contributed by atoms with E-state index in [-0.39, 0.29) is 25.5 Å². The Balaban J connectivity index is 1.46. The van der Waals surface area contributed by atoms with Crippen molar-refractivity contribution in [1.29, 1.82) is 0 Å². The minimum atomic E-state index is -0.118. The number of amides is 1. The van der Waals surface area contributed by atoms with Crippen molar-refractivity contribution < 1.29 is 14.1 Å². The van der Waals surface area contributed by atoms with Crippen molar-refractivity contribution in [2.75, 3.05) is 13.2 Å². The molecule has 132 valence electrons. The zero-order chi connectivity index (χ0) is 18.4. The van der Waals surface area contributed by atoms with Crippen LogP contribution in [0.3, 0.4) is 0 Å². The summed E-state index contributed by atoms with van der Waals surface area (Å²) in [6, 6.07) is 9.63. The van der Waals surface area contributed by atoms with Gasteiger partial charge in [0.1, 0.15) is 23.6 Å². The largest absolute Gasteiger partial charge is 0.479 e. The molecule has 6 nitrogen and oxygen atoms in total. The van der Waals surface area contributed by atoms with E-state index in [1.807, 2.05) is 37.3 Å². The van der Waals surface area contributed by atoms with Gasteiger partial charge in [0.05, 0.1) is 18.7 Å². The SMILES string of the molecule is Cc1noc(C)c1CC(=O)NCC#CCOc1cccc2cccnc12. The van der Waals surface area contributed by atoms with E-state index in [0.29, 0.717) is 11.5 Å². The number of hydrogen-bond acceptors (Lipinski definition) is 5. The second kappa shape index (κ2) is 8.17. The number of nitrogens with one attached hydrogen (secondary N) is 1. The predicted molar refractivity (Wildman–Crippen MR) is 97.7 cm³/mol. The highest BCUT2D eigenvalue weighted by Crippen LogP contribution is 2.22. The molecule has 0 radical (unpaired) electrons. The molecule has 0 saturated heterocycles.